The lowest BCUT2D eigenvalue weighted by molar-refractivity contribution is -0.193. The lowest BCUT2D eigenvalue weighted by Crippen LogP contribution is -2.40. The summed E-state index contributed by atoms with van der Waals surface area (Å²) in [5.41, 5.74) is 4.47. The SMILES string of the molecule is CCCCC/C=C\C/C=C\CCCCCCCCC1(CCCCCCCC/C=C2C/C=C\CC(CCC)C(C)CCC\C=C\2C/C=C\CCCCCCCCC2(CCCCCCCC/C=C\C/C=C\CCCCC)O[C@@H]3CC[C@H](N(C)C)C[C@H]3O2)O[C@H]2CC(N(C)Cc3cccnc3)C[C@H]2O1. The molecule has 10 atom stereocenters. The van der Waals surface area contributed by atoms with E-state index >= 15 is 0 Å². The molecule has 3 heterocycles. The Hall–Kier alpha value is -3.17. The molecule has 1 aromatic heterocycles. The van der Waals surface area contributed by atoms with E-state index in [1.165, 1.54) is 282 Å². The molecular formula is C94H159N3O4. The van der Waals surface area contributed by atoms with Crippen LogP contribution >= 0.6 is 0 Å². The van der Waals surface area contributed by atoms with Crippen molar-refractivity contribution in [2.24, 2.45) is 11.8 Å². The largest absolute Gasteiger partial charge is 0.344 e. The van der Waals surface area contributed by atoms with E-state index in [1.807, 2.05) is 12.4 Å². The minimum Gasteiger partial charge on any atom is -0.344 e. The molecule has 2 aliphatic heterocycles. The van der Waals surface area contributed by atoms with E-state index in [4.69, 9.17) is 18.9 Å². The van der Waals surface area contributed by atoms with Crippen molar-refractivity contribution >= 4 is 0 Å². The maximum atomic E-state index is 7.14. The summed E-state index contributed by atoms with van der Waals surface area (Å²) in [6.45, 7) is 10.4. The van der Waals surface area contributed by atoms with Gasteiger partial charge >= 0.3 is 0 Å². The Kier molecular flexibility index (Phi) is 47.5. The van der Waals surface area contributed by atoms with Gasteiger partial charge in [-0.2, -0.15) is 0 Å². The second-order valence-corrected chi connectivity index (χ2v) is 32.8. The number of unbranched alkanes of at least 4 members (excludes halogenated alkanes) is 30. The normalized spacial score (nSPS) is 26.6. The average molecular weight is 1400 g/mol. The molecule has 3 aliphatic carbocycles. The Labute approximate surface area is 625 Å². The fourth-order valence-electron chi connectivity index (χ4n) is 17.2. The van der Waals surface area contributed by atoms with Gasteiger partial charge in [-0.05, 0) is 236 Å². The van der Waals surface area contributed by atoms with Crippen molar-refractivity contribution < 1.29 is 18.9 Å². The molecular weight excluding hydrogens is 1240 g/mol. The summed E-state index contributed by atoms with van der Waals surface area (Å²) in [4.78, 5) is 9.30. The van der Waals surface area contributed by atoms with Crippen LogP contribution in [-0.4, -0.2) is 84.0 Å². The van der Waals surface area contributed by atoms with Crippen LogP contribution in [0.3, 0.4) is 0 Å². The number of hydrogen-bond acceptors (Lipinski definition) is 7. The average Bonchev–Trinajstić information content (AvgIpc) is 1.64. The van der Waals surface area contributed by atoms with E-state index in [1.54, 1.807) is 11.1 Å². The van der Waals surface area contributed by atoms with Crippen LogP contribution in [0.4, 0.5) is 0 Å². The number of nitrogens with zero attached hydrogens (tertiary/aromatic N) is 3. The van der Waals surface area contributed by atoms with Gasteiger partial charge in [0.05, 0.1) is 24.4 Å². The third-order valence-corrected chi connectivity index (χ3v) is 23.8. The van der Waals surface area contributed by atoms with E-state index in [0.717, 1.165) is 95.4 Å². The second kappa shape index (κ2) is 55.3. The Balaban J connectivity index is 0.892. The Morgan fingerprint density at radius 2 is 0.931 bits per heavy atom. The van der Waals surface area contributed by atoms with Gasteiger partial charge < -0.3 is 23.8 Å². The molecule has 0 bridgehead atoms. The number of ether oxygens (including phenoxy) is 4. The van der Waals surface area contributed by atoms with Crippen LogP contribution in [0.15, 0.2) is 121 Å². The number of rotatable bonds is 56. The molecule has 6 rings (SSSR count). The number of allylic oxidation sites excluding steroid dienone is 16. The lowest BCUT2D eigenvalue weighted by atomic mass is 9.83. The smallest absolute Gasteiger partial charge is 0.169 e. The first-order chi connectivity index (χ1) is 49.6. The summed E-state index contributed by atoms with van der Waals surface area (Å²) in [7, 11) is 6.76. The molecule has 5 unspecified atom stereocenters. The highest BCUT2D eigenvalue weighted by atomic mass is 16.8. The number of hydrogen-bond donors (Lipinski definition) is 0. The third kappa shape index (κ3) is 37.3. The fourth-order valence-corrected chi connectivity index (χ4v) is 17.2. The Morgan fingerprint density at radius 3 is 1.42 bits per heavy atom. The van der Waals surface area contributed by atoms with Crippen molar-refractivity contribution in [3.05, 3.63) is 126 Å². The molecule has 0 spiro atoms. The maximum absolute atomic E-state index is 7.14. The zero-order chi connectivity index (χ0) is 71.4. The highest BCUT2D eigenvalue weighted by Gasteiger charge is 2.52. The van der Waals surface area contributed by atoms with Crippen molar-refractivity contribution in [2.45, 2.75) is 435 Å². The standard InChI is InChI=1S/C94H159N3O4/c1-8-11-13-15-17-19-21-23-25-27-29-31-35-41-47-57-72-93(98-89-71-70-87(96(5)6)77-90(89)99-93)73-58-48-43-37-33-34-39-45-51-66-85-68-54-53-63-82(4)84(62-10-3)65-55-56-69-86(85)67-52-46-40-38-44-50-60-75-94(74-59-49-42-36-32-30-28-26-24-22-20-18-16-14-12-9-2)100-91-78-88(79-92(91)101-94)97(7)81-83-64-61-76-95-80-83/h17-20,23-26,45,51,55-56,61,64,67-68,76,80,82,84,87-92H,8-16,21-22,27-44,46-50,52-54,57-60,62-63,65-66,69-75,77-79,81H2,1-7H3/b19-17-,20-18-,25-23-,26-24-,51-45-,56-55-,85-68+,86-67+/t82?,84?,87-,88?,89+,90+,91-,92+,93?,94?/m0/s1. The first-order valence-corrected chi connectivity index (χ1v) is 43.9. The zero-order valence-electron chi connectivity index (χ0n) is 67.1. The van der Waals surface area contributed by atoms with E-state index in [9.17, 15) is 0 Å². The van der Waals surface area contributed by atoms with Crippen LogP contribution in [0.5, 0.6) is 0 Å². The van der Waals surface area contributed by atoms with Gasteiger partial charge in [-0.1, -0.05) is 267 Å². The number of pyridine rings is 1. The van der Waals surface area contributed by atoms with Gasteiger partial charge in [0.25, 0.3) is 0 Å². The fraction of sp³-hybridized carbons (Fsp3) is 0.777. The van der Waals surface area contributed by atoms with E-state index in [2.05, 4.69) is 161 Å². The van der Waals surface area contributed by atoms with E-state index in [0.29, 0.717) is 12.1 Å². The summed E-state index contributed by atoms with van der Waals surface area (Å²) in [5.74, 6) is 0.864. The molecule has 574 valence electrons. The van der Waals surface area contributed by atoms with Crippen LogP contribution in [0.2, 0.25) is 0 Å². The zero-order valence-corrected chi connectivity index (χ0v) is 67.1. The number of aromatic nitrogens is 1. The molecule has 5 aliphatic rings. The summed E-state index contributed by atoms with van der Waals surface area (Å²) < 4.78 is 28.4. The highest BCUT2D eigenvalue weighted by Crippen LogP contribution is 2.46. The predicted octanol–water partition coefficient (Wildman–Crippen LogP) is 27.8. The quantitative estimate of drug-likeness (QED) is 0.0476. The van der Waals surface area contributed by atoms with Crippen LogP contribution in [0.25, 0.3) is 0 Å². The summed E-state index contributed by atoms with van der Waals surface area (Å²) in [6.07, 6.45) is 108. The topological polar surface area (TPSA) is 56.3 Å². The minimum atomic E-state index is -0.396. The number of fused-ring (bicyclic) bond motifs is 2. The summed E-state index contributed by atoms with van der Waals surface area (Å²) in [5, 5.41) is 0. The second-order valence-electron chi connectivity index (χ2n) is 32.8. The maximum Gasteiger partial charge on any atom is 0.169 e. The van der Waals surface area contributed by atoms with Gasteiger partial charge in [-0.25, -0.2) is 0 Å². The van der Waals surface area contributed by atoms with Crippen molar-refractivity contribution in [2.75, 3.05) is 21.1 Å². The van der Waals surface area contributed by atoms with E-state index in [-0.39, 0.29) is 30.2 Å². The Bertz CT molecular complexity index is 2420. The predicted molar refractivity (Wildman–Crippen MR) is 437 cm³/mol. The highest BCUT2D eigenvalue weighted by molar-refractivity contribution is 5.34. The van der Waals surface area contributed by atoms with Crippen LogP contribution in [-0.2, 0) is 25.5 Å². The minimum absolute atomic E-state index is 0.214. The van der Waals surface area contributed by atoms with Crippen LogP contribution in [0.1, 0.15) is 386 Å². The summed E-state index contributed by atoms with van der Waals surface area (Å²) >= 11 is 0. The molecule has 1 aromatic rings. The van der Waals surface area contributed by atoms with Crippen molar-refractivity contribution in [3.63, 3.8) is 0 Å². The van der Waals surface area contributed by atoms with Crippen molar-refractivity contribution in [1.29, 1.82) is 0 Å². The molecule has 2 saturated carbocycles. The van der Waals surface area contributed by atoms with Crippen LogP contribution in [0, 0.1) is 11.8 Å². The molecule has 7 heteroatoms. The van der Waals surface area contributed by atoms with Gasteiger partial charge in [0.1, 0.15) is 0 Å². The van der Waals surface area contributed by atoms with Crippen molar-refractivity contribution in [3.8, 4) is 0 Å². The summed E-state index contributed by atoms with van der Waals surface area (Å²) in [6, 6.07) is 5.34. The Morgan fingerprint density at radius 1 is 0.475 bits per heavy atom. The molecule has 0 amide bonds. The molecule has 0 aromatic carbocycles. The molecule has 101 heavy (non-hydrogen) atoms. The molecule has 2 saturated heterocycles. The molecule has 7 nitrogen and oxygen atoms in total. The molecule has 0 N–H and O–H groups in total. The first kappa shape index (κ1) is 86.7. The lowest BCUT2D eigenvalue weighted by Gasteiger charge is -2.33. The third-order valence-electron chi connectivity index (χ3n) is 23.8. The van der Waals surface area contributed by atoms with Gasteiger partial charge in [-0.3, -0.25) is 9.88 Å². The first-order valence-electron chi connectivity index (χ1n) is 43.9. The monoisotopic (exact) mass is 1390 g/mol. The van der Waals surface area contributed by atoms with Crippen molar-refractivity contribution in [1.82, 2.24) is 14.8 Å². The van der Waals surface area contributed by atoms with Gasteiger partial charge in [0.2, 0.25) is 0 Å². The molecule has 0 radical (unpaired) electrons. The van der Waals surface area contributed by atoms with Gasteiger partial charge in [-0.15, -0.1) is 0 Å². The van der Waals surface area contributed by atoms with Gasteiger partial charge in [0.15, 0.2) is 11.6 Å². The van der Waals surface area contributed by atoms with Crippen LogP contribution < -0.4 is 0 Å². The van der Waals surface area contributed by atoms with Gasteiger partial charge in [0, 0.05) is 56.7 Å². The molecule has 4 fully saturated rings. The van der Waals surface area contributed by atoms with E-state index < -0.39 is 5.79 Å².